The molecule has 0 N–H and O–H groups in total. The first-order valence-corrected chi connectivity index (χ1v) is 9.15. The molecule has 0 unspecified atom stereocenters. The van der Waals surface area contributed by atoms with E-state index < -0.39 is 0 Å². The van der Waals surface area contributed by atoms with Gasteiger partial charge in [-0.15, -0.1) is 0 Å². The summed E-state index contributed by atoms with van der Waals surface area (Å²) in [6, 6.07) is 31.1. The number of hydrogen-bond acceptors (Lipinski definition) is 2. The van der Waals surface area contributed by atoms with Crippen LogP contribution in [-0.2, 0) is 0 Å². The fourth-order valence-corrected chi connectivity index (χ4v) is 3.67. The molecule has 0 atom stereocenters. The van der Waals surface area contributed by atoms with Crippen LogP contribution >= 0.6 is 0 Å². The Bertz CT molecular complexity index is 1120. The van der Waals surface area contributed by atoms with Crippen molar-refractivity contribution in [3.63, 3.8) is 0 Å². The van der Waals surface area contributed by atoms with Gasteiger partial charge < -0.3 is 0 Å². The summed E-state index contributed by atoms with van der Waals surface area (Å²) >= 11 is 0. The van der Waals surface area contributed by atoms with Crippen LogP contribution in [0.25, 0.3) is 33.4 Å². The monoisotopic (exact) mass is 365 g/mol. The minimum Gasteiger partial charge on any atom is -0.258 e. The summed E-state index contributed by atoms with van der Waals surface area (Å²) < 4.78 is 0. The van der Waals surface area contributed by atoms with E-state index >= 15 is 0 Å². The van der Waals surface area contributed by atoms with Crippen LogP contribution in [0, 0.1) is 17.0 Å². The molecule has 0 fully saturated rings. The van der Waals surface area contributed by atoms with E-state index in [1.54, 1.807) is 0 Å². The van der Waals surface area contributed by atoms with Crippen LogP contribution in [-0.4, -0.2) is 4.92 Å². The molecule has 0 heterocycles. The third-order valence-corrected chi connectivity index (χ3v) is 4.97. The van der Waals surface area contributed by atoms with Gasteiger partial charge in [-0.25, -0.2) is 0 Å². The zero-order valence-corrected chi connectivity index (χ0v) is 15.5. The summed E-state index contributed by atoms with van der Waals surface area (Å²) in [6.07, 6.45) is 0. The topological polar surface area (TPSA) is 43.1 Å². The van der Waals surface area contributed by atoms with Crippen molar-refractivity contribution in [1.29, 1.82) is 0 Å². The highest BCUT2D eigenvalue weighted by molar-refractivity contribution is 5.93. The Morgan fingerprint density at radius 1 is 0.643 bits per heavy atom. The van der Waals surface area contributed by atoms with Gasteiger partial charge in [-0.2, -0.15) is 0 Å². The fourth-order valence-electron chi connectivity index (χ4n) is 3.67. The largest absolute Gasteiger partial charge is 0.285 e. The maximum absolute atomic E-state index is 12.2. The Labute approximate surface area is 164 Å². The summed E-state index contributed by atoms with van der Waals surface area (Å²) in [7, 11) is 0. The lowest BCUT2D eigenvalue weighted by atomic mass is 9.86. The highest BCUT2D eigenvalue weighted by atomic mass is 16.6. The zero-order valence-electron chi connectivity index (χ0n) is 15.5. The van der Waals surface area contributed by atoms with Gasteiger partial charge in [0, 0.05) is 0 Å². The molecule has 3 nitrogen and oxygen atoms in total. The van der Waals surface area contributed by atoms with E-state index in [0.29, 0.717) is 11.1 Å². The first-order valence-electron chi connectivity index (χ1n) is 9.15. The predicted octanol–water partition coefficient (Wildman–Crippen LogP) is 6.90. The molecule has 0 amide bonds. The summed E-state index contributed by atoms with van der Waals surface area (Å²) in [5.41, 5.74) is 6.09. The van der Waals surface area contributed by atoms with Crippen LogP contribution < -0.4 is 0 Å². The summed E-state index contributed by atoms with van der Waals surface area (Å²) in [6.45, 7) is 1.96. The third kappa shape index (κ3) is 3.19. The molecule has 0 aliphatic carbocycles. The highest BCUT2D eigenvalue weighted by Crippen LogP contribution is 2.45. The van der Waals surface area contributed by atoms with Gasteiger partial charge in [0.2, 0.25) is 0 Å². The van der Waals surface area contributed by atoms with Crippen molar-refractivity contribution in [2.45, 2.75) is 6.92 Å². The number of nitrogens with zero attached hydrogens (tertiary/aromatic N) is 1. The molecule has 0 aromatic heterocycles. The summed E-state index contributed by atoms with van der Waals surface area (Å²) in [4.78, 5) is 11.9. The van der Waals surface area contributed by atoms with Crippen molar-refractivity contribution in [3.8, 4) is 33.4 Å². The Hall–Kier alpha value is -3.72. The Morgan fingerprint density at radius 3 is 1.54 bits per heavy atom. The van der Waals surface area contributed by atoms with Gasteiger partial charge in [-0.3, -0.25) is 10.1 Å². The average molecular weight is 365 g/mol. The van der Waals surface area contributed by atoms with Crippen LogP contribution in [0.1, 0.15) is 5.56 Å². The van der Waals surface area contributed by atoms with Crippen molar-refractivity contribution in [3.05, 3.63) is 113 Å². The molecule has 3 heteroatoms. The molecule has 0 saturated carbocycles. The van der Waals surface area contributed by atoms with Gasteiger partial charge in [0.25, 0.3) is 5.69 Å². The minimum atomic E-state index is -0.257. The molecule has 0 radical (unpaired) electrons. The quantitative estimate of drug-likeness (QED) is 0.291. The average Bonchev–Trinajstić information content (AvgIpc) is 2.75. The maximum Gasteiger partial charge on any atom is 0.285 e. The van der Waals surface area contributed by atoms with Gasteiger partial charge in [-0.05, 0) is 40.8 Å². The van der Waals surface area contributed by atoms with Crippen LogP contribution in [0.2, 0.25) is 0 Å². The van der Waals surface area contributed by atoms with Crippen molar-refractivity contribution >= 4 is 5.69 Å². The molecule has 4 aromatic rings. The SMILES string of the molecule is Cc1c(-c2ccccc2)cc(-c2ccccc2)c([N+](=O)[O-])c1-c1ccccc1. The summed E-state index contributed by atoms with van der Waals surface area (Å²) in [5, 5.41) is 12.2. The molecule has 0 aliphatic rings. The van der Waals surface area contributed by atoms with E-state index in [0.717, 1.165) is 27.8 Å². The number of benzene rings is 4. The number of nitro benzene ring substituents is 1. The number of hydrogen-bond donors (Lipinski definition) is 0. The molecular formula is C25H19NO2. The smallest absolute Gasteiger partial charge is 0.258 e. The molecule has 0 spiro atoms. The second-order valence-corrected chi connectivity index (χ2v) is 6.68. The molecule has 136 valence electrons. The van der Waals surface area contributed by atoms with Gasteiger partial charge >= 0.3 is 0 Å². The molecule has 0 bridgehead atoms. The molecule has 0 aliphatic heterocycles. The lowest BCUT2D eigenvalue weighted by Gasteiger charge is -2.16. The van der Waals surface area contributed by atoms with Crippen LogP contribution in [0.3, 0.4) is 0 Å². The standard InChI is InChI=1S/C25H19NO2/c1-18-22(19-11-5-2-6-12-19)17-23(20-13-7-3-8-14-20)25(26(27)28)24(18)21-15-9-4-10-16-21/h2-17H,1H3. The van der Waals surface area contributed by atoms with E-state index in [4.69, 9.17) is 0 Å². The number of nitro groups is 1. The van der Waals surface area contributed by atoms with Gasteiger partial charge in [0.1, 0.15) is 0 Å². The van der Waals surface area contributed by atoms with Crippen LogP contribution in [0.4, 0.5) is 5.69 Å². The Morgan fingerprint density at radius 2 is 1.07 bits per heavy atom. The first-order chi connectivity index (χ1) is 13.7. The molecule has 4 rings (SSSR count). The van der Waals surface area contributed by atoms with Crippen LogP contribution in [0.15, 0.2) is 97.1 Å². The van der Waals surface area contributed by atoms with E-state index in [-0.39, 0.29) is 10.6 Å². The van der Waals surface area contributed by atoms with Crippen molar-refractivity contribution in [2.24, 2.45) is 0 Å². The fraction of sp³-hybridized carbons (Fsp3) is 0.0400. The van der Waals surface area contributed by atoms with Gasteiger partial charge in [0.15, 0.2) is 0 Å². The lowest BCUT2D eigenvalue weighted by Crippen LogP contribution is -2.00. The third-order valence-electron chi connectivity index (χ3n) is 4.97. The molecular weight excluding hydrogens is 346 g/mol. The number of rotatable bonds is 4. The molecule has 4 aromatic carbocycles. The minimum absolute atomic E-state index is 0.148. The Balaban J connectivity index is 2.13. The second kappa shape index (κ2) is 7.49. The molecule has 0 saturated heterocycles. The Kier molecular flexibility index (Phi) is 4.73. The van der Waals surface area contributed by atoms with Gasteiger partial charge in [-0.1, -0.05) is 91.0 Å². The van der Waals surface area contributed by atoms with E-state index in [1.807, 2.05) is 104 Å². The van der Waals surface area contributed by atoms with E-state index in [2.05, 4.69) is 0 Å². The second-order valence-electron chi connectivity index (χ2n) is 6.68. The maximum atomic E-state index is 12.2. The van der Waals surface area contributed by atoms with Crippen molar-refractivity contribution in [2.75, 3.05) is 0 Å². The molecule has 28 heavy (non-hydrogen) atoms. The van der Waals surface area contributed by atoms with E-state index in [1.165, 1.54) is 0 Å². The normalized spacial score (nSPS) is 10.6. The zero-order chi connectivity index (χ0) is 19.5. The van der Waals surface area contributed by atoms with Crippen LogP contribution in [0.5, 0.6) is 0 Å². The summed E-state index contributed by atoms with van der Waals surface area (Å²) in [5.74, 6) is 0. The van der Waals surface area contributed by atoms with Crippen molar-refractivity contribution < 1.29 is 4.92 Å². The van der Waals surface area contributed by atoms with Gasteiger partial charge in [0.05, 0.1) is 16.1 Å². The first kappa shape index (κ1) is 17.7. The highest BCUT2D eigenvalue weighted by Gasteiger charge is 2.26. The lowest BCUT2D eigenvalue weighted by molar-refractivity contribution is -0.383. The predicted molar refractivity (Wildman–Crippen MR) is 114 cm³/mol. The van der Waals surface area contributed by atoms with Crippen molar-refractivity contribution in [1.82, 2.24) is 0 Å². The van der Waals surface area contributed by atoms with E-state index in [9.17, 15) is 10.1 Å².